The third kappa shape index (κ3) is 4.61. The maximum atomic E-state index is 13.2. The molecule has 0 unspecified atom stereocenters. The van der Waals surface area contributed by atoms with Gasteiger partial charge in [0.2, 0.25) is 0 Å². The summed E-state index contributed by atoms with van der Waals surface area (Å²) in [6, 6.07) is 2.71. The number of carbonyl (C=O) groups is 3. The molecule has 2 aromatic rings. The predicted octanol–water partition coefficient (Wildman–Crippen LogP) is 2.97. The van der Waals surface area contributed by atoms with Gasteiger partial charge in [-0.1, -0.05) is 13.8 Å². The zero-order chi connectivity index (χ0) is 25.0. The molecule has 1 amide bonds. The first-order chi connectivity index (χ1) is 16.3. The van der Waals surface area contributed by atoms with Crippen molar-refractivity contribution >= 4 is 23.4 Å². The highest BCUT2D eigenvalue weighted by Gasteiger charge is 2.46. The van der Waals surface area contributed by atoms with Crippen LogP contribution in [0.15, 0.2) is 30.1 Å². The van der Waals surface area contributed by atoms with E-state index in [0.717, 1.165) is 19.6 Å². The van der Waals surface area contributed by atoms with E-state index in [1.807, 2.05) is 0 Å². The number of aliphatic hydroxyl groups is 1. The summed E-state index contributed by atoms with van der Waals surface area (Å²) in [4.78, 5) is 49.2. The standard InChI is InChI=1S/C25H32N4O5/c1-6-28(7-2)13-8-14-29-21(17-9-11-26-12-10-17)19(23(31)24(29)32)22(30)18-15(3)20(25(33)34-5)27-16(18)4/h9-12,21,27,30H,6-8,13-14H2,1-5H3/b22-19+/t21-/m0/s1. The Hall–Kier alpha value is -3.46. The predicted molar refractivity (Wildman–Crippen MR) is 127 cm³/mol. The van der Waals surface area contributed by atoms with Gasteiger partial charge in [0.1, 0.15) is 11.5 Å². The molecule has 1 aliphatic rings. The molecule has 0 aliphatic carbocycles. The molecule has 0 bridgehead atoms. The van der Waals surface area contributed by atoms with E-state index in [1.165, 1.54) is 12.0 Å². The van der Waals surface area contributed by atoms with Gasteiger partial charge in [-0.05, 0) is 63.2 Å². The number of aliphatic hydroxyl groups excluding tert-OH is 1. The normalized spacial score (nSPS) is 17.6. The number of esters is 1. The number of aryl methyl sites for hydroxylation is 1. The van der Waals surface area contributed by atoms with Gasteiger partial charge in [-0.25, -0.2) is 4.79 Å². The number of hydrogen-bond acceptors (Lipinski definition) is 7. The number of nitrogens with one attached hydrogen (secondary N) is 1. The number of amides is 1. The number of ether oxygens (including phenoxy) is 1. The van der Waals surface area contributed by atoms with E-state index in [-0.39, 0.29) is 17.0 Å². The molecule has 0 radical (unpaired) electrons. The molecule has 9 heteroatoms. The van der Waals surface area contributed by atoms with Gasteiger partial charge in [0.15, 0.2) is 0 Å². The molecular formula is C25H32N4O5. The fourth-order valence-corrected chi connectivity index (χ4v) is 4.55. The van der Waals surface area contributed by atoms with E-state index < -0.39 is 23.7 Å². The number of methoxy groups -OCH3 is 1. The monoisotopic (exact) mass is 468 g/mol. The summed E-state index contributed by atoms with van der Waals surface area (Å²) in [5, 5.41) is 11.4. The lowest BCUT2D eigenvalue weighted by molar-refractivity contribution is -0.140. The lowest BCUT2D eigenvalue weighted by atomic mass is 9.94. The minimum absolute atomic E-state index is 0.000606. The van der Waals surface area contributed by atoms with Crippen LogP contribution in [0.2, 0.25) is 0 Å². The van der Waals surface area contributed by atoms with Crippen LogP contribution in [-0.2, 0) is 14.3 Å². The lowest BCUT2D eigenvalue weighted by Crippen LogP contribution is -2.33. The van der Waals surface area contributed by atoms with Crippen LogP contribution in [0.3, 0.4) is 0 Å². The Labute approximate surface area is 199 Å². The molecule has 182 valence electrons. The summed E-state index contributed by atoms with van der Waals surface area (Å²) >= 11 is 0. The van der Waals surface area contributed by atoms with Gasteiger partial charge >= 0.3 is 5.97 Å². The summed E-state index contributed by atoms with van der Waals surface area (Å²) < 4.78 is 4.81. The largest absolute Gasteiger partial charge is 0.507 e. The average Bonchev–Trinajstić information content (AvgIpc) is 3.28. The minimum Gasteiger partial charge on any atom is -0.507 e. The number of H-pyrrole nitrogens is 1. The van der Waals surface area contributed by atoms with Crippen molar-refractivity contribution in [2.75, 3.05) is 33.3 Å². The van der Waals surface area contributed by atoms with Crippen molar-refractivity contribution in [2.24, 2.45) is 0 Å². The molecule has 0 spiro atoms. The lowest BCUT2D eigenvalue weighted by Gasteiger charge is -2.26. The van der Waals surface area contributed by atoms with Crippen molar-refractivity contribution in [3.8, 4) is 0 Å². The van der Waals surface area contributed by atoms with Crippen LogP contribution in [0.5, 0.6) is 0 Å². The van der Waals surface area contributed by atoms with Crippen LogP contribution in [0.4, 0.5) is 0 Å². The van der Waals surface area contributed by atoms with Crippen LogP contribution < -0.4 is 0 Å². The van der Waals surface area contributed by atoms with Gasteiger partial charge in [0.25, 0.3) is 11.7 Å². The Balaban J connectivity index is 2.09. The zero-order valence-electron chi connectivity index (χ0n) is 20.3. The van der Waals surface area contributed by atoms with Gasteiger partial charge < -0.3 is 24.6 Å². The number of rotatable bonds is 9. The van der Waals surface area contributed by atoms with E-state index in [9.17, 15) is 19.5 Å². The fraction of sp³-hybridized carbons (Fsp3) is 0.440. The highest BCUT2D eigenvalue weighted by molar-refractivity contribution is 6.46. The molecule has 0 saturated carbocycles. The molecule has 1 fully saturated rings. The van der Waals surface area contributed by atoms with Crippen LogP contribution >= 0.6 is 0 Å². The van der Waals surface area contributed by atoms with Gasteiger partial charge in [-0.3, -0.25) is 14.6 Å². The van der Waals surface area contributed by atoms with E-state index in [0.29, 0.717) is 35.3 Å². The number of ketones is 1. The second-order valence-corrected chi connectivity index (χ2v) is 8.27. The molecule has 1 atom stereocenters. The van der Waals surface area contributed by atoms with Gasteiger partial charge in [0.05, 0.1) is 18.7 Å². The average molecular weight is 469 g/mol. The molecule has 34 heavy (non-hydrogen) atoms. The van der Waals surface area contributed by atoms with Crippen molar-refractivity contribution in [1.29, 1.82) is 0 Å². The first kappa shape index (κ1) is 25.2. The summed E-state index contributed by atoms with van der Waals surface area (Å²) in [6.45, 7) is 10.5. The number of hydrogen-bond donors (Lipinski definition) is 2. The highest BCUT2D eigenvalue weighted by atomic mass is 16.5. The van der Waals surface area contributed by atoms with Crippen LogP contribution in [0.1, 0.15) is 59.2 Å². The van der Waals surface area contributed by atoms with Gasteiger partial charge in [0, 0.05) is 30.2 Å². The Morgan fingerprint density at radius 2 is 1.85 bits per heavy atom. The number of aromatic amines is 1. The van der Waals surface area contributed by atoms with Crippen LogP contribution in [0, 0.1) is 13.8 Å². The van der Waals surface area contributed by atoms with Crippen molar-refractivity contribution in [3.05, 3.63) is 58.2 Å². The van der Waals surface area contributed by atoms with E-state index in [4.69, 9.17) is 4.74 Å². The number of Topliss-reactive ketones (excluding diaryl/α,β-unsaturated/α-hetero) is 1. The number of nitrogens with zero attached hydrogens (tertiary/aromatic N) is 3. The van der Waals surface area contributed by atoms with Crippen molar-refractivity contribution in [1.82, 2.24) is 19.8 Å². The number of likely N-dealkylation sites (tertiary alicyclic amines) is 1. The van der Waals surface area contributed by atoms with E-state index >= 15 is 0 Å². The Morgan fingerprint density at radius 1 is 1.21 bits per heavy atom. The zero-order valence-corrected chi connectivity index (χ0v) is 20.3. The Bertz CT molecular complexity index is 1100. The smallest absolute Gasteiger partial charge is 0.354 e. The topological polar surface area (TPSA) is 116 Å². The third-order valence-corrected chi connectivity index (χ3v) is 6.39. The van der Waals surface area contributed by atoms with Crippen LogP contribution in [-0.4, -0.2) is 75.8 Å². The quantitative estimate of drug-likeness (QED) is 0.252. The second-order valence-electron chi connectivity index (χ2n) is 8.27. The first-order valence-corrected chi connectivity index (χ1v) is 11.4. The van der Waals surface area contributed by atoms with Crippen molar-refractivity contribution < 1.29 is 24.2 Å². The molecule has 3 rings (SSSR count). The third-order valence-electron chi connectivity index (χ3n) is 6.39. The maximum absolute atomic E-state index is 13.2. The molecule has 1 aliphatic heterocycles. The number of carbonyl (C=O) groups excluding carboxylic acids is 3. The minimum atomic E-state index is -0.755. The fourth-order valence-electron chi connectivity index (χ4n) is 4.55. The van der Waals surface area contributed by atoms with Crippen LogP contribution in [0.25, 0.3) is 5.76 Å². The molecule has 9 nitrogen and oxygen atoms in total. The highest BCUT2D eigenvalue weighted by Crippen LogP contribution is 2.40. The number of pyridine rings is 1. The molecular weight excluding hydrogens is 436 g/mol. The molecule has 3 heterocycles. The maximum Gasteiger partial charge on any atom is 0.354 e. The summed E-state index contributed by atoms with van der Waals surface area (Å²) in [5.41, 5.74) is 2.13. The van der Waals surface area contributed by atoms with E-state index in [2.05, 4.69) is 28.7 Å². The Kier molecular flexibility index (Phi) is 7.88. The second kappa shape index (κ2) is 10.6. The first-order valence-electron chi connectivity index (χ1n) is 11.4. The summed E-state index contributed by atoms with van der Waals surface area (Å²) in [7, 11) is 1.27. The Morgan fingerprint density at radius 3 is 2.44 bits per heavy atom. The SMILES string of the molecule is CCN(CC)CCCN1C(=O)C(=O)/C(=C(/O)c2c(C)[nH]c(C(=O)OC)c2C)[C@@H]1c1ccncc1. The number of aromatic nitrogens is 2. The van der Waals surface area contributed by atoms with Gasteiger partial charge in [-0.15, -0.1) is 0 Å². The molecule has 2 aromatic heterocycles. The molecule has 0 aromatic carbocycles. The van der Waals surface area contributed by atoms with Gasteiger partial charge in [-0.2, -0.15) is 0 Å². The van der Waals surface area contributed by atoms with E-state index in [1.54, 1.807) is 38.4 Å². The molecule has 2 N–H and O–H groups in total. The van der Waals surface area contributed by atoms with Crippen molar-refractivity contribution in [3.63, 3.8) is 0 Å². The molecule has 1 saturated heterocycles. The summed E-state index contributed by atoms with van der Waals surface area (Å²) in [5.74, 6) is -2.29. The van der Waals surface area contributed by atoms with Crippen molar-refractivity contribution in [2.45, 2.75) is 40.2 Å². The summed E-state index contributed by atoms with van der Waals surface area (Å²) in [6.07, 6.45) is 3.87.